The van der Waals surface area contributed by atoms with Crippen LogP contribution < -0.4 is 0 Å². The topological polar surface area (TPSA) is 40.5 Å². The van der Waals surface area contributed by atoms with E-state index in [2.05, 4.69) is 6.58 Å². The van der Waals surface area contributed by atoms with Gasteiger partial charge in [0.15, 0.2) is 6.10 Å². The molecule has 0 aromatic heterocycles. The molecule has 1 aliphatic heterocycles. The van der Waals surface area contributed by atoms with Gasteiger partial charge < -0.3 is 10.0 Å². The number of rotatable bonds is 8. The lowest BCUT2D eigenvalue weighted by Crippen LogP contribution is -2.56. The van der Waals surface area contributed by atoms with Crippen LogP contribution in [0, 0.1) is 5.41 Å². The molecule has 1 amide bonds. The van der Waals surface area contributed by atoms with Crippen LogP contribution in [0.3, 0.4) is 0 Å². The molecule has 1 heterocycles. The summed E-state index contributed by atoms with van der Waals surface area (Å²) in [5.41, 5.74) is 0.763. The predicted octanol–water partition coefficient (Wildman–Crippen LogP) is 7.72. The summed E-state index contributed by atoms with van der Waals surface area (Å²) in [6.07, 6.45) is -5.19. The number of aliphatic hydroxyl groups excluding tert-OH is 1. The number of halogens is 5. The van der Waals surface area contributed by atoms with Gasteiger partial charge in [0, 0.05) is 28.4 Å². The Balaban J connectivity index is 2.21. The van der Waals surface area contributed by atoms with E-state index in [1.54, 1.807) is 48.2 Å². The van der Waals surface area contributed by atoms with Crippen molar-refractivity contribution in [2.75, 3.05) is 0 Å². The average molecular weight is 528 g/mol. The number of alkyl halides is 3. The molecule has 1 fully saturated rings. The number of aliphatic hydroxyl groups is 1. The number of piperidine rings is 1. The summed E-state index contributed by atoms with van der Waals surface area (Å²) >= 11 is 12.4. The number of carbonyl (C=O) groups excluding carboxylic acids is 1. The van der Waals surface area contributed by atoms with Gasteiger partial charge in [0.2, 0.25) is 5.91 Å². The standard InChI is InChI=1S/C27H30Cl2F3NO2/c1-4-13-26(3)16-22(18-7-6-8-20(29)14-18)24(17-9-11-19(28)12-10-17)33(25(26)35)21(5-2)15-23(34)27(30,31)32/h4,6-12,14,21-24,34H,1,5,13,15-16H2,2-3H3/t21-,22+,23-,24+,26-/m0/s1. The number of allylic oxidation sites excluding steroid dienone is 1. The minimum absolute atomic E-state index is 0.245. The zero-order valence-corrected chi connectivity index (χ0v) is 21.2. The minimum Gasteiger partial charge on any atom is -0.384 e. The molecule has 2 aromatic carbocycles. The van der Waals surface area contributed by atoms with E-state index < -0.39 is 36.2 Å². The molecule has 1 saturated heterocycles. The average Bonchev–Trinajstić information content (AvgIpc) is 2.79. The highest BCUT2D eigenvalue weighted by Crippen LogP contribution is 2.52. The van der Waals surface area contributed by atoms with Gasteiger partial charge in [-0.15, -0.1) is 6.58 Å². The van der Waals surface area contributed by atoms with Crippen molar-refractivity contribution in [3.63, 3.8) is 0 Å². The Bertz CT molecular complexity index is 1040. The molecule has 0 bridgehead atoms. The smallest absolute Gasteiger partial charge is 0.384 e. The number of carbonyl (C=O) groups is 1. The first-order valence-electron chi connectivity index (χ1n) is 11.6. The van der Waals surface area contributed by atoms with Gasteiger partial charge in [-0.2, -0.15) is 13.2 Å². The van der Waals surface area contributed by atoms with Gasteiger partial charge in [-0.25, -0.2) is 0 Å². The van der Waals surface area contributed by atoms with Crippen molar-refractivity contribution < 1.29 is 23.1 Å². The molecule has 0 radical (unpaired) electrons. The Labute approximate surface area is 214 Å². The van der Waals surface area contributed by atoms with Crippen LogP contribution >= 0.6 is 23.2 Å². The number of hydrogen-bond donors (Lipinski definition) is 1. The summed E-state index contributed by atoms with van der Waals surface area (Å²) in [4.78, 5) is 15.6. The van der Waals surface area contributed by atoms with E-state index in [1.165, 1.54) is 0 Å². The van der Waals surface area contributed by atoms with E-state index in [1.807, 2.05) is 25.1 Å². The lowest BCUT2D eigenvalue weighted by Gasteiger charge is -2.52. The maximum Gasteiger partial charge on any atom is 0.414 e. The zero-order chi connectivity index (χ0) is 26.0. The molecule has 35 heavy (non-hydrogen) atoms. The Morgan fingerprint density at radius 3 is 2.37 bits per heavy atom. The highest BCUT2D eigenvalue weighted by Gasteiger charge is 2.52. The number of nitrogens with zero attached hydrogens (tertiary/aromatic N) is 1. The van der Waals surface area contributed by atoms with Gasteiger partial charge in [-0.3, -0.25) is 4.79 Å². The molecule has 0 spiro atoms. The maximum atomic E-state index is 14.0. The van der Waals surface area contributed by atoms with Crippen LogP contribution in [0.4, 0.5) is 13.2 Å². The lowest BCUT2D eigenvalue weighted by molar-refractivity contribution is -0.211. The van der Waals surface area contributed by atoms with Crippen LogP contribution in [-0.2, 0) is 4.79 Å². The third-order valence-electron chi connectivity index (χ3n) is 6.92. The predicted molar refractivity (Wildman–Crippen MR) is 134 cm³/mol. The first kappa shape index (κ1) is 27.6. The van der Waals surface area contributed by atoms with Crippen LogP contribution in [0.1, 0.15) is 62.6 Å². The van der Waals surface area contributed by atoms with Gasteiger partial charge in [0.05, 0.1) is 11.5 Å². The van der Waals surface area contributed by atoms with Crippen molar-refractivity contribution in [2.24, 2.45) is 5.41 Å². The fourth-order valence-electron chi connectivity index (χ4n) is 5.16. The molecule has 3 nitrogen and oxygen atoms in total. The number of likely N-dealkylation sites (tertiary alicyclic amines) is 1. The normalized spacial score (nSPS) is 24.8. The second kappa shape index (κ2) is 10.9. The molecular formula is C27H30Cl2F3NO2. The van der Waals surface area contributed by atoms with Crippen molar-refractivity contribution in [2.45, 2.75) is 69.8 Å². The van der Waals surface area contributed by atoms with E-state index in [0.29, 0.717) is 22.9 Å². The summed E-state index contributed by atoms with van der Waals surface area (Å²) in [5.74, 6) is -0.508. The summed E-state index contributed by atoms with van der Waals surface area (Å²) in [5, 5.41) is 11.0. The third-order valence-corrected chi connectivity index (χ3v) is 7.41. The summed E-state index contributed by atoms with van der Waals surface area (Å²) < 4.78 is 40.0. The first-order valence-corrected chi connectivity index (χ1v) is 12.4. The van der Waals surface area contributed by atoms with Gasteiger partial charge >= 0.3 is 6.18 Å². The fourth-order valence-corrected chi connectivity index (χ4v) is 5.48. The van der Waals surface area contributed by atoms with Crippen molar-refractivity contribution in [1.29, 1.82) is 0 Å². The fraction of sp³-hybridized carbons (Fsp3) is 0.444. The van der Waals surface area contributed by atoms with Crippen molar-refractivity contribution in [3.05, 3.63) is 82.4 Å². The van der Waals surface area contributed by atoms with Gasteiger partial charge in [0.1, 0.15) is 0 Å². The minimum atomic E-state index is -4.78. The van der Waals surface area contributed by atoms with Crippen LogP contribution in [-0.4, -0.2) is 34.2 Å². The van der Waals surface area contributed by atoms with E-state index >= 15 is 0 Å². The largest absolute Gasteiger partial charge is 0.414 e. The molecular weight excluding hydrogens is 498 g/mol. The Kier molecular flexibility index (Phi) is 8.61. The van der Waals surface area contributed by atoms with Crippen molar-refractivity contribution >= 4 is 29.1 Å². The van der Waals surface area contributed by atoms with E-state index in [-0.39, 0.29) is 18.2 Å². The first-order chi connectivity index (χ1) is 16.4. The third kappa shape index (κ3) is 6.04. The van der Waals surface area contributed by atoms with Gasteiger partial charge in [0.25, 0.3) is 0 Å². The molecule has 3 rings (SSSR count). The monoisotopic (exact) mass is 527 g/mol. The molecule has 1 aliphatic rings. The van der Waals surface area contributed by atoms with E-state index in [0.717, 1.165) is 11.1 Å². The molecule has 0 saturated carbocycles. The second-order valence-electron chi connectivity index (χ2n) is 9.48. The van der Waals surface area contributed by atoms with Crippen LogP contribution in [0.25, 0.3) is 0 Å². The van der Waals surface area contributed by atoms with Crippen molar-refractivity contribution in [1.82, 2.24) is 4.90 Å². The molecule has 190 valence electrons. The van der Waals surface area contributed by atoms with Crippen molar-refractivity contribution in [3.8, 4) is 0 Å². The quantitative estimate of drug-likeness (QED) is 0.357. The Morgan fingerprint density at radius 1 is 1.17 bits per heavy atom. The van der Waals surface area contributed by atoms with Crippen LogP contribution in [0.15, 0.2) is 61.2 Å². The van der Waals surface area contributed by atoms with Crippen LogP contribution in [0.5, 0.6) is 0 Å². The summed E-state index contributed by atoms with van der Waals surface area (Å²) in [6.45, 7) is 7.36. The number of benzene rings is 2. The Hall–Kier alpha value is -2.02. The van der Waals surface area contributed by atoms with Gasteiger partial charge in [-0.1, -0.05) is 67.4 Å². The molecule has 8 heteroatoms. The lowest BCUT2D eigenvalue weighted by atomic mass is 9.67. The molecule has 5 atom stereocenters. The number of amides is 1. The van der Waals surface area contributed by atoms with E-state index in [4.69, 9.17) is 23.2 Å². The molecule has 1 N–H and O–H groups in total. The maximum absolute atomic E-state index is 14.0. The van der Waals surface area contributed by atoms with Gasteiger partial charge in [-0.05, 0) is 54.7 Å². The number of hydrogen-bond acceptors (Lipinski definition) is 2. The van der Waals surface area contributed by atoms with Crippen LogP contribution in [0.2, 0.25) is 10.0 Å². The molecule has 0 unspecified atom stereocenters. The SMILES string of the molecule is C=CC[C@@]1(C)C[C@H](c2cccc(Cl)c2)[C@@H](c2ccc(Cl)cc2)N([C@@H](CC)C[C@H](O)C(F)(F)F)C1=O. The summed E-state index contributed by atoms with van der Waals surface area (Å²) in [6, 6.07) is 12.9. The second-order valence-corrected chi connectivity index (χ2v) is 10.4. The van der Waals surface area contributed by atoms with E-state index in [9.17, 15) is 23.1 Å². The zero-order valence-electron chi connectivity index (χ0n) is 19.7. The Morgan fingerprint density at radius 2 is 1.83 bits per heavy atom. The molecule has 2 aromatic rings. The molecule has 0 aliphatic carbocycles. The highest BCUT2D eigenvalue weighted by atomic mass is 35.5. The summed E-state index contributed by atoms with van der Waals surface area (Å²) in [7, 11) is 0. The highest BCUT2D eigenvalue weighted by molar-refractivity contribution is 6.30.